The van der Waals surface area contributed by atoms with Gasteiger partial charge in [0.25, 0.3) is 0 Å². The Morgan fingerprint density at radius 1 is 1.73 bits per heavy atom. The molecule has 1 aromatic rings. The van der Waals surface area contributed by atoms with Crippen molar-refractivity contribution in [3.05, 3.63) is 23.0 Å². The summed E-state index contributed by atoms with van der Waals surface area (Å²) in [5.41, 5.74) is 6.63. The van der Waals surface area contributed by atoms with Gasteiger partial charge in [0.05, 0.1) is 24.4 Å². The van der Waals surface area contributed by atoms with Gasteiger partial charge in [-0.05, 0) is 6.07 Å². The fraction of sp³-hybridized carbons (Fsp3) is 0.143. The predicted octanol–water partition coefficient (Wildman–Crippen LogP) is 1.38. The molecule has 0 aliphatic rings. The zero-order valence-electron chi connectivity index (χ0n) is 5.71. The lowest BCUT2D eigenvalue weighted by Gasteiger charge is -1.98. The van der Waals surface area contributed by atoms with Crippen LogP contribution in [0.4, 0.5) is 5.69 Å². The van der Waals surface area contributed by atoms with Crippen LogP contribution >= 0.6 is 11.6 Å². The van der Waals surface area contributed by atoms with E-state index in [1.54, 1.807) is 6.07 Å². The van der Waals surface area contributed by atoms with Crippen molar-refractivity contribution in [3.8, 4) is 6.07 Å². The van der Waals surface area contributed by atoms with Crippen molar-refractivity contribution >= 4 is 17.3 Å². The summed E-state index contributed by atoms with van der Waals surface area (Å²) in [6, 6.07) is 3.62. The molecule has 0 amide bonds. The second-order valence-electron chi connectivity index (χ2n) is 2.05. The van der Waals surface area contributed by atoms with Gasteiger partial charge < -0.3 is 5.73 Å². The minimum Gasteiger partial charge on any atom is -0.397 e. The monoisotopic (exact) mass is 167 g/mol. The van der Waals surface area contributed by atoms with Crippen LogP contribution in [0.15, 0.2) is 12.3 Å². The topological polar surface area (TPSA) is 62.7 Å². The Morgan fingerprint density at radius 3 is 3.09 bits per heavy atom. The van der Waals surface area contributed by atoms with Crippen LogP contribution < -0.4 is 5.73 Å². The normalized spacial score (nSPS) is 9.09. The average molecular weight is 168 g/mol. The number of anilines is 1. The van der Waals surface area contributed by atoms with E-state index in [4.69, 9.17) is 22.6 Å². The summed E-state index contributed by atoms with van der Waals surface area (Å²) in [6.45, 7) is 0. The largest absolute Gasteiger partial charge is 0.397 e. The molecule has 3 nitrogen and oxygen atoms in total. The first-order chi connectivity index (χ1) is 5.24. The number of aromatic nitrogens is 1. The van der Waals surface area contributed by atoms with Crippen molar-refractivity contribution < 1.29 is 0 Å². The van der Waals surface area contributed by atoms with Gasteiger partial charge in [0, 0.05) is 5.56 Å². The lowest BCUT2D eigenvalue weighted by molar-refractivity contribution is 1.19. The number of pyridine rings is 1. The molecule has 11 heavy (non-hydrogen) atoms. The molecule has 1 rings (SSSR count). The zero-order chi connectivity index (χ0) is 8.27. The van der Waals surface area contributed by atoms with Crippen molar-refractivity contribution in [3.63, 3.8) is 0 Å². The standard InChI is InChI=1S/C7H6ClN3/c8-7-5(1-2-9)3-6(10)4-11-7/h3-4H,1,10H2. The smallest absolute Gasteiger partial charge is 0.133 e. The first-order valence-electron chi connectivity index (χ1n) is 3.01. The van der Waals surface area contributed by atoms with Crippen LogP contribution in [0.1, 0.15) is 5.56 Å². The SMILES string of the molecule is N#CCc1cc(N)cnc1Cl. The number of hydrogen-bond donors (Lipinski definition) is 1. The Labute approximate surface area is 69.4 Å². The van der Waals surface area contributed by atoms with E-state index in [0.29, 0.717) is 16.4 Å². The van der Waals surface area contributed by atoms with Crippen LogP contribution in [0.3, 0.4) is 0 Å². The molecule has 0 aliphatic heterocycles. The highest BCUT2D eigenvalue weighted by Gasteiger charge is 2.00. The fourth-order valence-corrected chi connectivity index (χ4v) is 0.891. The van der Waals surface area contributed by atoms with E-state index >= 15 is 0 Å². The zero-order valence-corrected chi connectivity index (χ0v) is 6.47. The summed E-state index contributed by atoms with van der Waals surface area (Å²) < 4.78 is 0. The molecule has 0 aliphatic carbocycles. The van der Waals surface area contributed by atoms with Gasteiger partial charge in [0.1, 0.15) is 5.15 Å². The van der Waals surface area contributed by atoms with E-state index in [2.05, 4.69) is 4.98 Å². The lowest BCUT2D eigenvalue weighted by Crippen LogP contribution is -1.91. The summed E-state index contributed by atoms with van der Waals surface area (Å²) in [7, 11) is 0. The van der Waals surface area contributed by atoms with Gasteiger partial charge in [0.2, 0.25) is 0 Å². The van der Waals surface area contributed by atoms with Crippen LogP contribution in [0.2, 0.25) is 5.15 Å². The summed E-state index contributed by atoms with van der Waals surface area (Å²) in [5.74, 6) is 0. The van der Waals surface area contributed by atoms with Gasteiger partial charge in [-0.25, -0.2) is 4.98 Å². The first-order valence-corrected chi connectivity index (χ1v) is 3.38. The minimum atomic E-state index is 0.247. The maximum Gasteiger partial charge on any atom is 0.133 e. The highest BCUT2D eigenvalue weighted by atomic mass is 35.5. The van der Waals surface area contributed by atoms with E-state index in [0.717, 1.165) is 0 Å². The Bertz CT molecular complexity index is 303. The molecule has 4 heteroatoms. The lowest BCUT2D eigenvalue weighted by atomic mass is 10.2. The van der Waals surface area contributed by atoms with Gasteiger partial charge >= 0.3 is 0 Å². The van der Waals surface area contributed by atoms with Crippen molar-refractivity contribution in [1.29, 1.82) is 5.26 Å². The summed E-state index contributed by atoms with van der Waals surface area (Å²) in [4.78, 5) is 3.79. The maximum absolute atomic E-state index is 8.36. The van der Waals surface area contributed by atoms with E-state index in [9.17, 15) is 0 Å². The van der Waals surface area contributed by atoms with Gasteiger partial charge in [0.15, 0.2) is 0 Å². The van der Waals surface area contributed by atoms with Gasteiger partial charge in [-0.15, -0.1) is 0 Å². The Balaban J connectivity index is 3.05. The van der Waals surface area contributed by atoms with Gasteiger partial charge in [-0.2, -0.15) is 5.26 Å². The second-order valence-corrected chi connectivity index (χ2v) is 2.41. The molecule has 2 N–H and O–H groups in total. The Kier molecular flexibility index (Phi) is 2.29. The highest BCUT2D eigenvalue weighted by molar-refractivity contribution is 6.30. The number of halogens is 1. The molecule has 0 fully saturated rings. The van der Waals surface area contributed by atoms with Gasteiger partial charge in [-0.1, -0.05) is 11.6 Å². The van der Waals surface area contributed by atoms with Crippen molar-refractivity contribution in [2.45, 2.75) is 6.42 Å². The number of nitriles is 1. The van der Waals surface area contributed by atoms with E-state index in [-0.39, 0.29) is 6.42 Å². The van der Waals surface area contributed by atoms with Crippen molar-refractivity contribution in [1.82, 2.24) is 4.98 Å². The molecule has 0 atom stereocenters. The van der Waals surface area contributed by atoms with Crippen LogP contribution in [0.5, 0.6) is 0 Å². The molecular formula is C7H6ClN3. The molecule has 0 aromatic carbocycles. The number of nitrogens with zero attached hydrogens (tertiary/aromatic N) is 2. The third-order valence-electron chi connectivity index (χ3n) is 1.20. The van der Waals surface area contributed by atoms with Crippen LogP contribution in [-0.2, 0) is 6.42 Å². The number of rotatable bonds is 1. The van der Waals surface area contributed by atoms with Crippen molar-refractivity contribution in [2.24, 2.45) is 0 Å². The van der Waals surface area contributed by atoms with Crippen LogP contribution in [0.25, 0.3) is 0 Å². The third kappa shape index (κ3) is 1.82. The number of nitrogens with two attached hydrogens (primary N) is 1. The maximum atomic E-state index is 8.36. The molecule has 0 saturated heterocycles. The molecule has 0 radical (unpaired) electrons. The van der Waals surface area contributed by atoms with Crippen molar-refractivity contribution in [2.75, 3.05) is 5.73 Å². The third-order valence-corrected chi connectivity index (χ3v) is 1.54. The molecular weight excluding hydrogens is 162 g/mol. The molecule has 1 heterocycles. The van der Waals surface area contributed by atoms with Crippen LogP contribution in [-0.4, -0.2) is 4.98 Å². The predicted molar refractivity (Wildman–Crippen MR) is 43.0 cm³/mol. The Hall–Kier alpha value is -1.27. The van der Waals surface area contributed by atoms with E-state index in [1.807, 2.05) is 6.07 Å². The second kappa shape index (κ2) is 3.22. The summed E-state index contributed by atoms with van der Waals surface area (Å²) in [6.07, 6.45) is 1.71. The minimum absolute atomic E-state index is 0.247. The quantitative estimate of drug-likeness (QED) is 0.643. The first kappa shape index (κ1) is 7.83. The molecule has 0 unspecified atom stereocenters. The van der Waals surface area contributed by atoms with E-state index < -0.39 is 0 Å². The molecule has 0 spiro atoms. The number of nitrogen functional groups attached to an aromatic ring is 1. The molecule has 1 aromatic heterocycles. The molecule has 56 valence electrons. The fourth-order valence-electron chi connectivity index (χ4n) is 0.721. The Morgan fingerprint density at radius 2 is 2.45 bits per heavy atom. The summed E-state index contributed by atoms with van der Waals surface area (Å²) in [5, 5.41) is 8.71. The number of hydrogen-bond acceptors (Lipinski definition) is 3. The van der Waals surface area contributed by atoms with E-state index in [1.165, 1.54) is 6.20 Å². The molecule has 0 bridgehead atoms. The van der Waals surface area contributed by atoms with Crippen LogP contribution in [0, 0.1) is 11.3 Å². The average Bonchev–Trinajstić information content (AvgIpc) is 1.98. The summed E-state index contributed by atoms with van der Waals surface area (Å²) >= 11 is 5.66. The highest BCUT2D eigenvalue weighted by Crippen LogP contribution is 2.15. The van der Waals surface area contributed by atoms with Gasteiger partial charge in [-0.3, -0.25) is 0 Å². The molecule has 0 saturated carbocycles.